The van der Waals surface area contributed by atoms with Crippen LogP contribution in [-0.2, 0) is 4.79 Å². The number of likely N-dealkylation sites (tertiary alicyclic amines) is 2. The first kappa shape index (κ1) is 17.2. The SMILES string of the molecule is CC1CCC(O)(CN2CCC(CN3CCCCC3=O)CC2)CC1. The van der Waals surface area contributed by atoms with Crippen LogP contribution in [0.2, 0.25) is 0 Å². The van der Waals surface area contributed by atoms with Gasteiger partial charge >= 0.3 is 0 Å². The quantitative estimate of drug-likeness (QED) is 0.865. The van der Waals surface area contributed by atoms with Crippen molar-refractivity contribution in [1.29, 1.82) is 0 Å². The molecular weight excluding hydrogens is 288 g/mol. The molecular formula is C19H34N2O2. The van der Waals surface area contributed by atoms with Gasteiger partial charge in [-0.2, -0.15) is 0 Å². The lowest BCUT2D eigenvalue weighted by atomic mass is 9.79. The number of hydrogen-bond acceptors (Lipinski definition) is 3. The third kappa shape index (κ3) is 4.69. The summed E-state index contributed by atoms with van der Waals surface area (Å²) in [7, 11) is 0. The number of rotatable bonds is 4. The van der Waals surface area contributed by atoms with Gasteiger partial charge in [0.1, 0.15) is 0 Å². The molecule has 0 atom stereocenters. The Morgan fingerprint density at radius 1 is 1.09 bits per heavy atom. The second kappa shape index (κ2) is 7.52. The summed E-state index contributed by atoms with van der Waals surface area (Å²) in [5.74, 6) is 1.81. The van der Waals surface area contributed by atoms with E-state index in [2.05, 4.69) is 16.7 Å². The van der Waals surface area contributed by atoms with E-state index in [1.165, 1.54) is 32.1 Å². The number of carbonyl (C=O) groups excluding carboxylic acids is 1. The second-order valence-corrected chi connectivity index (χ2v) is 8.42. The lowest BCUT2D eigenvalue weighted by Crippen LogP contribution is -2.49. The lowest BCUT2D eigenvalue weighted by Gasteiger charge is -2.42. The second-order valence-electron chi connectivity index (χ2n) is 8.42. The Labute approximate surface area is 141 Å². The Morgan fingerprint density at radius 2 is 1.78 bits per heavy atom. The molecule has 1 aliphatic carbocycles. The van der Waals surface area contributed by atoms with Crippen molar-refractivity contribution in [2.45, 2.75) is 70.3 Å². The maximum absolute atomic E-state index is 11.9. The van der Waals surface area contributed by atoms with Crippen LogP contribution in [0.25, 0.3) is 0 Å². The number of piperidine rings is 2. The highest BCUT2D eigenvalue weighted by Crippen LogP contribution is 2.33. The molecule has 1 N–H and O–H groups in total. The van der Waals surface area contributed by atoms with E-state index in [1.807, 2.05) is 0 Å². The van der Waals surface area contributed by atoms with Gasteiger partial charge in [0.05, 0.1) is 5.60 Å². The molecule has 0 bridgehead atoms. The van der Waals surface area contributed by atoms with E-state index in [-0.39, 0.29) is 0 Å². The Bertz CT molecular complexity index is 396. The van der Waals surface area contributed by atoms with E-state index in [1.54, 1.807) is 0 Å². The van der Waals surface area contributed by atoms with Crippen molar-refractivity contribution in [3.05, 3.63) is 0 Å². The fourth-order valence-corrected chi connectivity index (χ4v) is 4.57. The van der Waals surface area contributed by atoms with E-state index >= 15 is 0 Å². The van der Waals surface area contributed by atoms with Gasteiger partial charge in [0, 0.05) is 26.1 Å². The fourth-order valence-electron chi connectivity index (χ4n) is 4.57. The largest absolute Gasteiger partial charge is 0.389 e. The molecule has 1 saturated carbocycles. The summed E-state index contributed by atoms with van der Waals surface area (Å²) in [4.78, 5) is 16.5. The van der Waals surface area contributed by atoms with Crippen LogP contribution in [0, 0.1) is 11.8 Å². The van der Waals surface area contributed by atoms with Crippen molar-refractivity contribution in [2.75, 3.05) is 32.7 Å². The van der Waals surface area contributed by atoms with Crippen LogP contribution >= 0.6 is 0 Å². The average Bonchev–Trinajstić information content (AvgIpc) is 2.55. The van der Waals surface area contributed by atoms with Gasteiger partial charge in [0.25, 0.3) is 0 Å². The molecule has 4 heteroatoms. The topological polar surface area (TPSA) is 43.8 Å². The van der Waals surface area contributed by atoms with Gasteiger partial charge in [0.2, 0.25) is 5.91 Å². The molecule has 0 spiro atoms. The molecule has 0 aromatic heterocycles. The summed E-state index contributed by atoms with van der Waals surface area (Å²) in [6, 6.07) is 0. The molecule has 2 saturated heterocycles. The summed E-state index contributed by atoms with van der Waals surface area (Å²) >= 11 is 0. The summed E-state index contributed by atoms with van der Waals surface area (Å²) in [5, 5.41) is 10.8. The Hall–Kier alpha value is -0.610. The smallest absolute Gasteiger partial charge is 0.222 e. The van der Waals surface area contributed by atoms with E-state index in [9.17, 15) is 9.90 Å². The van der Waals surface area contributed by atoms with Gasteiger partial charge in [0.15, 0.2) is 0 Å². The minimum atomic E-state index is -0.442. The Morgan fingerprint density at radius 3 is 2.43 bits per heavy atom. The van der Waals surface area contributed by atoms with Gasteiger partial charge in [-0.15, -0.1) is 0 Å². The third-order valence-corrected chi connectivity index (χ3v) is 6.33. The minimum absolute atomic E-state index is 0.365. The van der Waals surface area contributed by atoms with Crippen LogP contribution in [0.3, 0.4) is 0 Å². The summed E-state index contributed by atoms with van der Waals surface area (Å²) in [6.07, 6.45) is 9.64. The van der Waals surface area contributed by atoms with Crippen LogP contribution in [0.5, 0.6) is 0 Å². The normalized spacial score (nSPS) is 34.8. The monoisotopic (exact) mass is 322 g/mol. The molecule has 4 nitrogen and oxygen atoms in total. The van der Waals surface area contributed by atoms with Gasteiger partial charge in [-0.1, -0.05) is 6.92 Å². The number of aliphatic hydroxyl groups is 1. The molecule has 3 rings (SSSR count). The van der Waals surface area contributed by atoms with Crippen LogP contribution in [-0.4, -0.2) is 59.1 Å². The number of nitrogens with zero attached hydrogens (tertiary/aromatic N) is 2. The van der Waals surface area contributed by atoms with Crippen LogP contribution in [0.15, 0.2) is 0 Å². The van der Waals surface area contributed by atoms with E-state index in [0.29, 0.717) is 11.8 Å². The molecule has 0 aromatic carbocycles. The molecule has 2 heterocycles. The summed E-state index contributed by atoms with van der Waals surface area (Å²) in [5.41, 5.74) is -0.442. The molecule has 0 unspecified atom stereocenters. The predicted octanol–water partition coefficient (Wildman–Crippen LogP) is 2.65. The Kier molecular flexibility index (Phi) is 5.63. The zero-order valence-electron chi connectivity index (χ0n) is 14.8. The first-order valence-corrected chi connectivity index (χ1v) is 9.77. The van der Waals surface area contributed by atoms with Crippen molar-refractivity contribution in [1.82, 2.24) is 9.80 Å². The van der Waals surface area contributed by atoms with Crippen LogP contribution < -0.4 is 0 Å². The first-order valence-electron chi connectivity index (χ1n) is 9.77. The van der Waals surface area contributed by atoms with E-state index < -0.39 is 5.60 Å². The van der Waals surface area contributed by atoms with Crippen molar-refractivity contribution in [3.63, 3.8) is 0 Å². The van der Waals surface area contributed by atoms with Gasteiger partial charge in [-0.25, -0.2) is 0 Å². The minimum Gasteiger partial charge on any atom is -0.389 e. The number of carbonyl (C=O) groups is 1. The molecule has 2 aliphatic heterocycles. The van der Waals surface area contributed by atoms with Crippen molar-refractivity contribution in [2.24, 2.45) is 11.8 Å². The number of hydrogen-bond donors (Lipinski definition) is 1. The zero-order chi connectivity index (χ0) is 16.3. The number of amides is 1. The predicted molar refractivity (Wildman–Crippen MR) is 92.2 cm³/mol. The van der Waals surface area contributed by atoms with Crippen LogP contribution in [0.1, 0.15) is 64.7 Å². The number of β-amino-alcohol motifs (C(OH)–C–C–N with tert-alkyl or cyclic N) is 1. The van der Waals surface area contributed by atoms with Gasteiger partial charge in [-0.05, 0) is 76.3 Å². The average molecular weight is 322 g/mol. The molecule has 3 fully saturated rings. The summed E-state index contributed by atoms with van der Waals surface area (Å²) < 4.78 is 0. The molecule has 132 valence electrons. The van der Waals surface area contributed by atoms with Crippen LogP contribution in [0.4, 0.5) is 0 Å². The highest BCUT2D eigenvalue weighted by Gasteiger charge is 2.35. The lowest BCUT2D eigenvalue weighted by molar-refractivity contribution is -0.134. The maximum Gasteiger partial charge on any atom is 0.222 e. The maximum atomic E-state index is 11.9. The Balaban J connectivity index is 1.41. The third-order valence-electron chi connectivity index (χ3n) is 6.33. The highest BCUT2D eigenvalue weighted by molar-refractivity contribution is 5.76. The van der Waals surface area contributed by atoms with E-state index in [4.69, 9.17) is 0 Å². The molecule has 0 radical (unpaired) electrons. The van der Waals surface area contributed by atoms with E-state index in [0.717, 1.165) is 64.3 Å². The zero-order valence-corrected chi connectivity index (χ0v) is 14.8. The molecule has 0 aromatic rings. The molecule has 1 amide bonds. The van der Waals surface area contributed by atoms with Crippen molar-refractivity contribution >= 4 is 5.91 Å². The van der Waals surface area contributed by atoms with Crippen molar-refractivity contribution in [3.8, 4) is 0 Å². The van der Waals surface area contributed by atoms with Gasteiger partial charge in [-0.3, -0.25) is 4.79 Å². The van der Waals surface area contributed by atoms with Gasteiger partial charge < -0.3 is 14.9 Å². The molecule has 3 aliphatic rings. The first-order chi connectivity index (χ1) is 11.0. The summed E-state index contributed by atoms with van der Waals surface area (Å²) in [6.45, 7) is 7.27. The fraction of sp³-hybridized carbons (Fsp3) is 0.947. The van der Waals surface area contributed by atoms with Crippen molar-refractivity contribution < 1.29 is 9.90 Å². The highest BCUT2D eigenvalue weighted by atomic mass is 16.3. The standard InChI is InChI=1S/C19H34N2O2/c1-16-5-9-19(23,10-6-16)15-20-12-7-17(8-13-20)14-21-11-3-2-4-18(21)22/h16-17,23H,2-15H2,1H3. The molecule has 23 heavy (non-hydrogen) atoms.